The van der Waals surface area contributed by atoms with Crippen molar-refractivity contribution < 1.29 is 0 Å². The number of aromatic nitrogens is 2. The lowest BCUT2D eigenvalue weighted by atomic mass is 9.96. The van der Waals surface area contributed by atoms with Crippen molar-refractivity contribution in [1.82, 2.24) is 9.13 Å². The molecule has 2 aromatic heterocycles. The summed E-state index contributed by atoms with van der Waals surface area (Å²) in [4.78, 5) is 0. The molecule has 0 aliphatic carbocycles. The number of aryl methyl sites for hydroxylation is 2. The number of para-hydroxylation sites is 2. The Bertz CT molecular complexity index is 3560. The van der Waals surface area contributed by atoms with Gasteiger partial charge in [0.05, 0.1) is 33.4 Å². The second kappa shape index (κ2) is 12.4. The molecule has 13 rings (SSSR count). The van der Waals surface area contributed by atoms with Gasteiger partial charge in [-0.05, 0) is 117 Å². The van der Waals surface area contributed by atoms with Crippen molar-refractivity contribution in [3.8, 4) is 50.8 Å². The third-order valence-corrected chi connectivity index (χ3v) is 18.7. The summed E-state index contributed by atoms with van der Waals surface area (Å²) in [6, 6.07) is 72.5. The minimum atomic E-state index is -2.83. The zero-order valence-corrected chi connectivity index (χ0v) is 34.7. The summed E-state index contributed by atoms with van der Waals surface area (Å²) < 4.78 is 4.69. The van der Waals surface area contributed by atoms with Crippen LogP contribution in [0.1, 0.15) is 16.7 Å². The van der Waals surface area contributed by atoms with Crippen molar-refractivity contribution in [3.05, 3.63) is 205 Å². The van der Waals surface area contributed by atoms with Gasteiger partial charge in [-0.3, -0.25) is 0 Å². The first-order valence-electron chi connectivity index (χ1n) is 21.1. The summed E-state index contributed by atoms with van der Waals surface area (Å²) in [5.41, 5.74) is 16.7. The van der Waals surface area contributed by atoms with Crippen LogP contribution in [0.25, 0.3) is 88.4 Å². The van der Waals surface area contributed by atoms with Crippen LogP contribution in [0.2, 0.25) is 0 Å². The van der Waals surface area contributed by atoms with E-state index in [4.69, 9.17) is 0 Å². The molecule has 9 aromatic carbocycles. The zero-order chi connectivity index (χ0) is 40.6. The van der Waals surface area contributed by atoms with Crippen LogP contribution in [0, 0.1) is 25.2 Å². The molecule has 2 aliphatic heterocycles. The maximum absolute atomic E-state index is 11.6. The molecule has 0 saturated heterocycles. The van der Waals surface area contributed by atoms with Gasteiger partial charge in [0, 0.05) is 21.5 Å². The van der Waals surface area contributed by atoms with E-state index in [0.29, 0.717) is 5.56 Å². The van der Waals surface area contributed by atoms with Gasteiger partial charge in [0.25, 0.3) is 0 Å². The van der Waals surface area contributed by atoms with E-state index in [-0.39, 0.29) is 0 Å². The van der Waals surface area contributed by atoms with Crippen molar-refractivity contribution in [3.63, 3.8) is 0 Å². The molecule has 0 fully saturated rings. The topological polar surface area (TPSA) is 33.6 Å². The fourth-order valence-corrected chi connectivity index (χ4v) is 17.2. The highest BCUT2D eigenvalue weighted by molar-refractivity contribution is 7.24. The van der Waals surface area contributed by atoms with Crippen molar-refractivity contribution >= 4 is 72.4 Å². The van der Waals surface area contributed by atoms with E-state index in [1.165, 1.54) is 81.2 Å². The number of nitrogens with zero attached hydrogens (tertiary/aromatic N) is 3. The standard InChI is InChI=1S/C57H37N3Si/c1-35-26-28-50-45(30-35)39-14-3-8-21-48(39)59(50)52-32-37(33-53(47(52)34-58)60-49-22-9-4-15-40(49)46-31-36(2)27-29-51(46)60)38-19-13-20-44-43-18-7-12-25-56(43)61(57(38)44)54-23-10-5-16-41(54)42-17-6-11-24-55(42)61/h3-33H,1-2H3. The number of fused-ring (bicyclic) bond motifs is 16. The first kappa shape index (κ1) is 34.2. The third kappa shape index (κ3) is 4.40. The summed E-state index contributed by atoms with van der Waals surface area (Å²) in [7, 11) is -2.83. The number of hydrogen-bond donors (Lipinski definition) is 0. The van der Waals surface area contributed by atoms with Crippen LogP contribution in [0.4, 0.5) is 0 Å². The normalized spacial score (nSPS) is 13.2. The Morgan fingerprint density at radius 1 is 0.393 bits per heavy atom. The summed E-state index contributed by atoms with van der Waals surface area (Å²) in [6.45, 7) is 4.31. The molecule has 2 aliphatic rings. The highest BCUT2D eigenvalue weighted by Gasteiger charge is 2.54. The van der Waals surface area contributed by atoms with E-state index >= 15 is 0 Å². The third-order valence-electron chi connectivity index (χ3n) is 13.7. The molecule has 1 spiro atoms. The van der Waals surface area contributed by atoms with Gasteiger partial charge >= 0.3 is 0 Å². The molecular weight excluding hydrogens is 755 g/mol. The molecule has 0 amide bonds. The molecular formula is C57H37N3Si. The van der Waals surface area contributed by atoms with Gasteiger partial charge in [0.1, 0.15) is 11.6 Å². The smallest absolute Gasteiger partial charge is 0.182 e. The molecule has 11 aromatic rings. The van der Waals surface area contributed by atoms with Crippen molar-refractivity contribution in [1.29, 1.82) is 5.26 Å². The lowest BCUT2D eigenvalue weighted by Gasteiger charge is -2.30. The maximum atomic E-state index is 11.6. The maximum Gasteiger partial charge on any atom is 0.182 e. The van der Waals surface area contributed by atoms with Crippen LogP contribution in [-0.2, 0) is 0 Å². The molecule has 4 heteroatoms. The van der Waals surface area contributed by atoms with E-state index < -0.39 is 8.07 Å². The van der Waals surface area contributed by atoms with Gasteiger partial charge < -0.3 is 9.13 Å². The largest absolute Gasteiger partial charge is 0.308 e. The lowest BCUT2D eigenvalue weighted by molar-refractivity contribution is 1.12. The average molecular weight is 792 g/mol. The van der Waals surface area contributed by atoms with E-state index in [1.807, 2.05) is 0 Å². The predicted octanol–water partition coefficient (Wildman–Crippen LogP) is 11.4. The summed E-state index contributed by atoms with van der Waals surface area (Å²) >= 11 is 0. The Morgan fingerprint density at radius 3 is 1.31 bits per heavy atom. The number of hydrogen-bond acceptors (Lipinski definition) is 1. The van der Waals surface area contributed by atoms with Crippen LogP contribution in [0.3, 0.4) is 0 Å². The molecule has 4 heterocycles. The summed E-state index contributed by atoms with van der Waals surface area (Å²) in [6.07, 6.45) is 0. The number of benzene rings is 9. The van der Waals surface area contributed by atoms with Crippen LogP contribution >= 0.6 is 0 Å². The van der Waals surface area contributed by atoms with Crippen LogP contribution in [0.15, 0.2) is 188 Å². The van der Waals surface area contributed by atoms with Gasteiger partial charge in [-0.2, -0.15) is 5.26 Å². The Balaban J connectivity index is 1.22. The molecule has 0 N–H and O–H groups in total. The molecule has 61 heavy (non-hydrogen) atoms. The number of nitriles is 1. The zero-order valence-electron chi connectivity index (χ0n) is 33.7. The molecule has 0 atom stereocenters. The van der Waals surface area contributed by atoms with Crippen LogP contribution in [0.5, 0.6) is 0 Å². The highest BCUT2D eigenvalue weighted by atomic mass is 28.3. The molecule has 0 saturated carbocycles. The van der Waals surface area contributed by atoms with Crippen molar-refractivity contribution in [2.45, 2.75) is 13.8 Å². The minimum Gasteiger partial charge on any atom is -0.308 e. The van der Waals surface area contributed by atoms with E-state index in [2.05, 4.69) is 217 Å². The van der Waals surface area contributed by atoms with Gasteiger partial charge in [-0.1, -0.05) is 151 Å². The Morgan fingerprint density at radius 2 is 0.803 bits per heavy atom. The SMILES string of the molecule is Cc1ccc2c(c1)c1ccccc1n2-c1cc(-c2cccc3c2[Si]2(c4ccccc4-c4ccccc42)c2ccccc2-3)cc(-n2c3ccccc3c3cc(C)ccc32)c1C#N. The first-order chi connectivity index (χ1) is 30.1. The van der Waals surface area contributed by atoms with Gasteiger partial charge in [-0.25, -0.2) is 0 Å². The van der Waals surface area contributed by atoms with E-state index in [9.17, 15) is 5.26 Å². The van der Waals surface area contributed by atoms with Crippen molar-refractivity contribution in [2.24, 2.45) is 0 Å². The average Bonchev–Trinajstić information content (AvgIpc) is 4.00. The second-order valence-corrected chi connectivity index (χ2v) is 20.5. The van der Waals surface area contributed by atoms with Crippen molar-refractivity contribution in [2.75, 3.05) is 0 Å². The fraction of sp³-hybridized carbons (Fsp3) is 0.0351. The van der Waals surface area contributed by atoms with Gasteiger partial charge in [0.2, 0.25) is 0 Å². The van der Waals surface area contributed by atoms with Gasteiger partial charge in [0.15, 0.2) is 8.07 Å². The number of rotatable bonds is 3. The quantitative estimate of drug-likeness (QED) is 0.164. The minimum absolute atomic E-state index is 0.634. The fourth-order valence-electron chi connectivity index (χ4n) is 11.3. The molecule has 0 radical (unpaired) electrons. The Labute approximate surface area is 354 Å². The Kier molecular flexibility index (Phi) is 6.95. The van der Waals surface area contributed by atoms with Gasteiger partial charge in [-0.15, -0.1) is 0 Å². The van der Waals surface area contributed by atoms with Crippen LogP contribution < -0.4 is 20.7 Å². The molecule has 0 unspecified atom stereocenters. The first-order valence-corrected chi connectivity index (χ1v) is 23.1. The lowest BCUT2D eigenvalue weighted by Crippen LogP contribution is -2.71. The Hall–Kier alpha value is -7.71. The highest BCUT2D eigenvalue weighted by Crippen LogP contribution is 2.43. The second-order valence-electron chi connectivity index (χ2n) is 16.9. The molecule has 284 valence electrons. The monoisotopic (exact) mass is 791 g/mol. The van der Waals surface area contributed by atoms with E-state index in [0.717, 1.165) is 39.0 Å². The predicted molar refractivity (Wildman–Crippen MR) is 256 cm³/mol. The summed E-state index contributed by atoms with van der Waals surface area (Å²) in [5.74, 6) is 0. The summed E-state index contributed by atoms with van der Waals surface area (Å²) in [5, 5.41) is 22.1. The molecule has 0 bridgehead atoms. The van der Waals surface area contributed by atoms with Crippen LogP contribution in [-0.4, -0.2) is 17.2 Å². The van der Waals surface area contributed by atoms with E-state index in [1.54, 1.807) is 0 Å². The molecule has 3 nitrogen and oxygen atoms in total.